The van der Waals surface area contributed by atoms with Crippen LogP contribution < -0.4 is 16.0 Å². The molecule has 0 aliphatic rings. The summed E-state index contributed by atoms with van der Waals surface area (Å²) >= 11 is 0. The second kappa shape index (κ2) is 6.43. The Hall–Kier alpha value is -2.74. The first kappa shape index (κ1) is 13.7. The minimum absolute atomic E-state index is 0.138. The van der Waals surface area contributed by atoms with Crippen LogP contribution in [0.5, 0.6) is 5.88 Å². The molecule has 0 saturated carbocycles. The van der Waals surface area contributed by atoms with E-state index in [1.807, 2.05) is 18.2 Å². The number of hydrazine groups is 1. The highest BCUT2D eigenvalue weighted by molar-refractivity contribution is 5.47. The summed E-state index contributed by atoms with van der Waals surface area (Å²) in [6, 6.07) is 8.05. The van der Waals surface area contributed by atoms with Crippen molar-refractivity contribution in [2.24, 2.45) is 5.84 Å². The molecule has 0 saturated heterocycles. The quantitative estimate of drug-likeness (QED) is 0.463. The summed E-state index contributed by atoms with van der Waals surface area (Å²) in [6.07, 6.45) is 2.27. The average molecular weight is 275 g/mol. The number of nitrogens with zero attached hydrogens (tertiary/aromatic N) is 3. The lowest BCUT2D eigenvalue weighted by atomic mass is 10.3. The Kier molecular flexibility index (Phi) is 4.40. The summed E-state index contributed by atoms with van der Waals surface area (Å²) in [4.78, 5) is 18.4. The molecule has 0 bridgehead atoms. The van der Waals surface area contributed by atoms with Crippen LogP contribution in [-0.2, 0) is 6.42 Å². The van der Waals surface area contributed by atoms with E-state index in [-0.39, 0.29) is 17.4 Å². The van der Waals surface area contributed by atoms with Gasteiger partial charge >= 0.3 is 0 Å². The highest BCUT2D eigenvalue weighted by Crippen LogP contribution is 2.21. The first-order chi connectivity index (χ1) is 9.69. The van der Waals surface area contributed by atoms with Gasteiger partial charge in [0.1, 0.15) is 0 Å². The summed E-state index contributed by atoms with van der Waals surface area (Å²) in [6.45, 7) is 0.315. The first-order valence-corrected chi connectivity index (χ1v) is 5.85. The molecular formula is C12H13N5O3. The van der Waals surface area contributed by atoms with Crippen molar-refractivity contribution in [3.8, 4) is 5.88 Å². The molecule has 0 spiro atoms. The second-order valence-electron chi connectivity index (χ2n) is 3.87. The van der Waals surface area contributed by atoms with E-state index in [1.54, 1.807) is 6.20 Å². The van der Waals surface area contributed by atoms with E-state index in [4.69, 9.17) is 10.6 Å². The molecule has 0 atom stereocenters. The lowest BCUT2D eigenvalue weighted by Crippen LogP contribution is -2.10. The normalized spacial score (nSPS) is 10.1. The number of rotatable bonds is 6. The third-order valence-corrected chi connectivity index (χ3v) is 2.48. The average Bonchev–Trinajstić information content (AvgIpc) is 2.48. The van der Waals surface area contributed by atoms with Crippen molar-refractivity contribution in [1.29, 1.82) is 0 Å². The van der Waals surface area contributed by atoms with Crippen molar-refractivity contribution in [2.45, 2.75) is 6.42 Å². The minimum atomic E-state index is -0.534. The Bertz CT molecular complexity index is 591. The minimum Gasteiger partial charge on any atom is -0.477 e. The monoisotopic (exact) mass is 275 g/mol. The molecule has 2 heterocycles. The van der Waals surface area contributed by atoms with E-state index in [1.165, 1.54) is 12.1 Å². The Morgan fingerprint density at radius 2 is 2.25 bits per heavy atom. The third kappa shape index (κ3) is 3.62. The number of nitrogen functional groups attached to an aromatic ring is 1. The number of nitrogens with one attached hydrogen (secondary N) is 1. The Labute approximate surface area is 114 Å². The fourth-order valence-corrected chi connectivity index (χ4v) is 1.55. The third-order valence-electron chi connectivity index (χ3n) is 2.48. The van der Waals surface area contributed by atoms with Gasteiger partial charge in [-0.05, 0) is 12.1 Å². The van der Waals surface area contributed by atoms with Gasteiger partial charge in [0.25, 0.3) is 5.69 Å². The van der Waals surface area contributed by atoms with Crippen molar-refractivity contribution in [1.82, 2.24) is 9.97 Å². The van der Waals surface area contributed by atoms with Gasteiger partial charge in [0.2, 0.25) is 5.88 Å². The molecule has 2 aromatic heterocycles. The number of anilines is 1. The number of nitrogens with two attached hydrogens (primary N) is 1. The fourth-order valence-electron chi connectivity index (χ4n) is 1.55. The molecule has 2 rings (SSSR count). The summed E-state index contributed by atoms with van der Waals surface area (Å²) < 4.78 is 5.39. The zero-order chi connectivity index (χ0) is 14.4. The Balaban J connectivity index is 2.02. The molecule has 8 nitrogen and oxygen atoms in total. The molecule has 3 N–H and O–H groups in total. The van der Waals surface area contributed by atoms with E-state index < -0.39 is 4.92 Å². The number of hydrogen-bond acceptors (Lipinski definition) is 7. The second-order valence-corrected chi connectivity index (χ2v) is 3.87. The van der Waals surface area contributed by atoms with E-state index in [0.29, 0.717) is 13.0 Å². The van der Waals surface area contributed by atoms with Crippen LogP contribution in [-0.4, -0.2) is 21.5 Å². The number of ether oxygens (including phenoxy) is 1. The van der Waals surface area contributed by atoms with Crippen LogP contribution in [0.2, 0.25) is 0 Å². The number of aromatic nitrogens is 2. The van der Waals surface area contributed by atoms with Crippen LogP contribution in [0.4, 0.5) is 11.5 Å². The molecule has 2 aromatic rings. The van der Waals surface area contributed by atoms with Crippen molar-refractivity contribution in [2.75, 3.05) is 12.0 Å². The van der Waals surface area contributed by atoms with Crippen molar-refractivity contribution >= 4 is 11.5 Å². The van der Waals surface area contributed by atoms with Crippen LogP contribution in [0.1, 0.15) is 5.69 Å². The highest BCUT2D eigenvalue weighted by atomic mass is 16.6. The number of pyridine rings is 2. The maximum atomic E-state index is 10.8. The molecule has 0 unspecified atom stereocenters. The smallest absolute Gasteiger partial charge is 0.278 e. The standard InChI is InChI=1S/C12H13N5O3/c13-16-11-7-10(17(18)19)8-12(15-11)20-6-4-9-3-1-2-5-14-9/h1-3,5,7-8H,4,6,13H2,(H,15,16). The van der Waals surface area contributed by atoms with Crippen LogP contribution in [0.3, 0.4) is 0 Å². The summed E-state index contributed by atoms with van der Waals surface area (Å²) in [7, 11) is 0. The van der Waals surface area contributed by atoms with Crippen LogP contribution >= 0.6 is 0 Å². The zero-order valence-electron chi connectivity index (χ0n) is 10.5. The molecule has 0 aromatic carbocycles. The lowest BCUT2D eigenvalue weighted by molar-refractivity contribution is -0.384. The maximum Gasteiger partial charge on any atom is 0.278 e. The van der Waals surface area contributed by atoms with Gasteiger partial charge in [-0.2, -0.15) is 4.98 Å². The van der Waals surface area contributed by atoms with Gasteiger partial charge in [0.05, 0.1) is 23.7 Å². The molecule has 0 fully saturated rings. The summed E-state index contributed by atoms with van der Waals surface area (Å²) in [5.74, 6) is 5.52. The van der Waals surface area contributed by atoms with Gasteiger partial charge in [-0.25, -0.2) is 5.84 Å². The van der Waals surface area contributed by atoms with E-state index >= 15 is 0 Å². The zero-order valence-corrected chi connectivity index (χ0v) is 10.5. The molecule has 8 heteroatoms. The van der Waals surface area contributed by atoms with Gasteiger partial charge in [-0.1, -0.05) is 6.07 Å². The van der Waals surface area contributed by atoms with E-state index in [2.05, 4.69) is 15.4 Å². The molecule has 0 radical (unpaired) electrons. The fraction of sp³-hybridized carbons (Fsp3) is 0.167. The highest BCUT2D eigenvalue weighted by Gasteiger charge is 2.11. The van der Waals surface area contributed by atoms with Gasteiger partial charge in [-0.15, -0.1) is 0 Å². The first-order valence-electron chi connectivity index (χ1n) is 5.85. The summed E-state index contributed by atoms with van der Waals surface area (Å²) in [5, 5.41) is 10.8. The predicted octanol–water partition coefficient (Wildman–Crippen LogP) is 1.29. The van der Waals surface area contributed by atoms with E-state index in [0.717, 1.165) is 5.69 Å². The van der Waals surface area contributed by atoms with Gasteiger partial charge in [0.15, 0.2) is 5.82 Å². The summed E-state index contributed by atoms with van der Waals surface area (Å²) in [5.41, 5.74) is 3.00. The molecule has 0 aliphatic heterocycles. The van der Waals surface area contributed by atoms with Crippen LogP contribution in [0.15, 0.2) is 36.5 Å². The van der Waals surface area contributed by atoms with Crippen molar-refractivity contribution < 1.29 is 9.66 Å². The largest absolute Gasteiger partial charge is 0.477 e. The van der Waals surface area contributed by atoms with Gasteiger partial charge in [0, 0.05) is 18.3 Å². The number of hydrogen-bond donors (Lipinski definition) is 2. The topological polar surface area (TPSA) is 116 Å². The van der Waals surface area contributed by atoms with Crippen molar-refractivity contribution in [3.05, 3.63) is 52.3 Å². The number of nitro groups is 1. The van der Waals surface area contributed by atoms with Crippen molar-refractivity contribution in [3.63, 3.8) is 0 Å². The predicted molar refractivity (Wildman–Crippen MR) is 72.1 cm³/mol. The molecule has 0 aliphatic carbocycles. The molecule has 104 valence electrons. The van der Waals surface area contributed by atoms with Crippen LogP contribution in [0, 0.1) is 10.1 Å². The molecule has 0 amide bonds. The van der Waals surface area contributed by atoms with Gasteiger partial charge < -0.3 is 10.2 Å². The maximum absolute atomic E-state index is 10.8. The van der Waals surface area contributed by atoms with E-state index in [9.17, 15) is 10.1 Å². The molecule has 20 heavy (non-hydrogen) atoms. The Morgan fingerprint density at radius 3 is 2.90 bits per heavy atom. The lowest BCUT2D eigenvalue weighted by Gasteiger charge is -2.06. The SMILES string of the molecule is NNc1cc([N+](=O)[O-])cc(OCCc2ccccn2)n1. The Morgan fingerprint density at radius 1 is 1.40 bits per heavy atom. The van der Waals surface area contributed by atoms with Gasteiger partial charge in [-0.3, -0.25) is 15.1 Å². The van der Waals surface area contributed by atoms with Crippen LogP contribution in [0.25, 0.3) is 0 Å². The molecular weight excluding hydrogens is 262 g/mol.